The minimum atomic E-state index is -2.99. The van der Waals surface area contributed by atoms with Gasteiger partial charge in [-0.15, -0.1) is 11.8 Å². The van der Waals surface area contributed by atoms with Crippen molar-refractivity contribution in [2.24, 2.45) is 0 Å². The molecule has 5 heteroatoms. The SMILES string of the molecule is CC(C)(C)S(=O)(=O)C1CC(S)CS1. The van der Waals surface area contributed by atoms with Crippen molar-refractivity contribution in [3.8, 4) is 0 Å². The zero-order valence-corrected chi connectivity index (χ0v) is 10.7. The summed E-state index contributed by atoms with van der Waals surface area (Å²) in [4.78, 5) is 0. The molecule has 1 heterocycles. The summed E-state index contributed by atoms with van der Waals surface area (Å²) in [5.41, 5.74) is 0. The highest BCUT2D eigenvalue weighted by molar-refractivity contribution is 8.14. The van der Waals surface area contributed by atoms with E-state index in [-0.39, 0.29) is 9.83 Å². The van der Waals surface area contributed by atoms with Crippen molar-refractivity contribution in [3.05, 3.63) is 0 Å². The van der Waals surface area contributed by atoms with Gasteiger partial charge in [0.05, 0.1) is 4.75 Å². The quantitative estimate of drug-likeness (QED) is 0.712. The number of hydrogen-bond donors (Lipinski definition) is 1. The molecule has 0 aromatic rings. The molecule has 78 valence electrons. The number of thioether (sulfide) groups is 1. The summed E-state index contributed by atoms with van der Waals surface area (Å²) in [5, 5.41) is 0.243. The zero-order chi connectivity index (χ0) is 10.3. The van der Waals surface area contributed by atoms with E-state index in [0.717, 1.165) is 5.75 Å². The van der Waals surface area contributed by atoms with E-state index in [1.54, 1.807) is 20.8 Å². The number of rotatable bonds is 1. The molecule has 0 radical (unpaired) electrons. The van der Waals surface area contributed by atoms with Gasteiger partial charge in [-0.1, -0.05) is 0 Å². The van der Waals surface area contributed by atoms with Crippen LogP contribution >= 0.6 is 24.4 Å². The average Bonchev–Trinajstić information content (AvgIpc) is 2.33. The molecule has 1 rings (SSSR count). The second-order valence-corrected chi connectivity index (χ2v) is 9.46. The molecule has 0 spiro atoms. The van der Waals surface area contributed by atoms with Gasteiger partial charge in [-0.25, -0.2) is 8.42 Å². The van der Waals surface area contributed by atoms with Crippen LogP contribution in [0, 0.1) is 0 Å². The van der Waals surface area contributed by atoms with E-state index in [1.165, 1.54) is 11.8 Å². The molecule has 1 saturated heterocycles. The number of sulfone groups is 1. The summed E-state index contributed by atoms with van der Waals surface area (Å²) in [5.74, 6) is 0.850. The van der Waals surface area contributed by atoms with Crippen LogP contribution in [0.2, 0.25) is 0 Å². The maximum Gasteiger partial charge on any atom is 0.167 e. The molecule has 1 aliphatic heterocycles. The van der Waals surface area contributed by atoms with Crippen molar-refractivity contribution in [1.82, 2.24) is 0 Å². The lowest BCUT2D eigenvalue weighted by Crippen LogP contribution is -2.34. The van der Waals surface area contributed by atoms with Crippen molar-refractivity contribution in [3.63, 3.8) is 0 Å². The summed E-state index contributed by atoms with van der Waals surface area (Å²) in [6.45, 7) is 5.28. The second kappa shape index (κ2) is 3.66. The van der Waals surface area contributed by atoms with Crippen molar-refractivity contribution in [2.75, 3.05) is 5.75 Å². The van der Waals surface area contributed by atoms with Crippen LogP contribution in [0.3, 0.4) is 0 Å². The molecule has 0 aromatic heterocycles. The Hall–Kier alpha value is 0.650. The van der Waals surface area contributed by atoms with Gasteiger partial charge in [0.1, 0.15) is 4.58 Å². The first-order valence-corrected chi connectivity index (χ1v) is 7.39. The number of thiol groups is 1. The molecule has 0 aromatic carbocycles. The van der Waals surface area contributed by atoms with E-state index in [9.17, 15) is 8.42 Å². The van der Waals surface area contributed by atoms with E-state index in [0.29, 0.717) is 6.42 Å². The Labute approximate surface area is 90.2 Å². The Kier molecular flexibility index (Phi) is 3.30. The van der Waals surface area contributed by atoms with Gasteiger partial charge in [0.15, 0.2) is 9.84 Å². The molecule has 0 amide bonds. The average molecular weight is 240 g/mol. The third-order valence-corrected chi connectivity index (χ3v) is 7.70. The fourth-order valence-electron chi connectivity index (χ4n) is 1.19. The smallest absolute Gasteiger partial charge is 0.167 e. The monoisotopic (exact) mass is 240 g/mol. The lowest BCUT2D eigenvalue weighted by molar-refractivity contribution is 0.555. The van der Waals surface area contributed by atoms with E-state index >= 15 is 0 Å². The molecule has 2 nitrogen and oxygen atoms in total. The Morgan fingerprint density at radius 2 is 1.92 bits per heavy atom. The van der Waals surface area contributed by atoms with Crippen molar-refractivity contribution < 1.29 is 8.42 Å². The van der Waals surface area contributed by atoms with Crippen LogP contribution < -0.4 is 0 Å². The fraction of sp³-hybridized carbons (Fsp3) is 1.00. The topological polar surface area (TPSA) is 34.1 Å². The largest absolute Gasteiger partial charge is 0.227 e. The Morgan fingerprint density at radius 3 is 2.23 bits per heavy atom. The van der Waals surface area contributed by atoms with Crippen molar-refractivity contribution in [2.45, 2.75) is 41.8 Å². The Balaban J connectivity index is 2.84. The summed E-state index contributed by atoms with van der Waals surface area (Å²) in [6.07, 6.45) is 0.688. The van der Waals surface area contributed by atoms with Crippen LogP contribution in [0.4, 0.5) is 0 Å². The van der Waals surface area contributed by atoms with E-state index in [1.807, 2.05) is 0 Å². The molecular weight excluding hydrogens is 224 g/mol. The first kappa shape index (κ1) is 11.7. The third-order valence-electron chi connectivity index (χ3n) is 2.14. The van der Waals surface area contributed by atoms with Gasteiger partial charge in [-0.05, 0) is 27.2 Å². The standard InChI is InChI=1S/C8H16O2S3/c1-8(2,3)13(9,10)7-4-6(11)5-12-7/h6-7,11H,4-5H2,1-3H3. The minimum absolute atomic E-state index is 0.241. The summed E-state index contributed by atoms with van der Waals surface area (Å²) in [7, 11) is -2.99. The van der Waals surface area contributed by atoms with Crippen LogP contribution in [-0.2, 0) is 9.84 Å². The molecule has 1 fully saturated rings. The molecule has 13 heavy (non-hydrogen) atoms. The van der Waals surface area contributed by atoms with E-state index in [2.05, 4.69) is 12.6 Å². The predicted molar refractivity (Wildman–Crippen MR) is 62.3 cm³/mol. The second-order valence-electron chi connectivity index (χ2n) is 4.31. The molecule has 0 N–H and O–H groups in total. The van der Waals surface area contributed by atoms with E-state index in [4.69, 9.17) is 0 Å². The highest BCUT2D eigenvalue weighted by Gasteiger charge is 2.41. The van der Waals surface area contributed by atoms with Crippen LogP contribution in [-0.4, -0.2) is 28.7 Å². The maximum absolute atomic E-state index is 11.9. The van der Waals surface area contributed by atoms with Gasteiger partial charge in [-0.3, -0.25) is 0 Å². The third kappa shape index (κ3) is 2.36. The van der Waals surface area contributed by atoms with E-state index < -0.39 is 14.6 Å². The number of hydrogen-bond acceptors (Lipinski definition) is 4. The lowest BCUT2D eigenvalue weighted by atomic mass is 10.3. The van der Waals surface area contributed by atoms with Gasteiger partial charge in [0.25, 0.3) is 0 Å². The highest BCUT2D eigenvalue weighted by atomic mass is 32.3. The molecule has 2 atom stereocenters. The lowest BCUT2D eigenvalue weighted by Gasteiger charge is -2.23. The summed E-state index contributed by atoms with van der Waals surface area (Å²) < 4.78 is 23.0. The normalized spacial score (nSPS) is 30.8. The Morgan fingerprint density at radius 1 is 1.38 bits per heavy atom. The van der Waals surface area contributed by atoms with Gasteiger partial charge in [-0.2, -0.15) is 12.6 Å². The summed E-state index contributed by atoms with van der Waals surface area (Å²) >= 11 is 5.81. The van der Waals surface area contributed by atoms with Crippen molar-refractivity contribution >= 4 is 34.2 Å². The van der Waals surface area contributed by atoms with Crippen molar-refractivity contribution in [1.29, 1.82) is 0 Å². The first-order valence-electron chi connectivity index (χ1n) is 4.28. The first-order chi connectivity index (χ1) is 5.75. The van der Waals surface area contributed by atoms with Gasteiger partial charge < -0.3 is 0 Å². The van der Waals surface area contributed by atoms with Crippen LogP contribution in [0.5, 0.6) is 0 Å². The molecule has 1 aliphatic rings. The maximum atomic E-state index is 11.9. The molecule has 2 unspecified atom stereocenters. The fourth-order valence-corrected chi connectivity index (χ4v) is 5.98. The van der Waals surface area contributed by atoms with Crippen LogP contribution in [0.1, 0.15) is 27.2 Å². The Bertz CT molecular complexity index is 276. The molecule has 0 bridgehead atoms. The highest BCUT2D eigenvalue weighted by Crippen LogP contribution is 2.38. The van der Waals surface area contributed by atoms with Gasteiger partial charge in [0.2, 0.25) is 0 Å². The zero-order valence-electron chi connectivity index (χ0n) is 8.15. The minimum Gasteiger partial charge on any atom is -0.227 e. The van der Waals surface area contributed by atoms with Gasteiger partial charge >= 0.3 is 0 Å². The van der Waals surface area contributed by atoms with Crippen LogP contribution in [0.25, 0.3) is 0 Å². The van der Waals surface area contributed by atoms with Crippen LogP contribution in [0.15, 0.2) is 0 Å². The molecule has 0 saturated carbocycles. The molecule has 0 aliphatic carbocycles. The van der Waals surface area contributed by atoms with Gasteiger partial charge in [0, 0.05) is 11.0 Å². The predicted octanol–water partition coefficient (Wildman–Crippen LogP) is 1.96. The molecular formula is C8H16O2S3. The summed E-state index contributed by atoms with van der Waals surface area (Å²) in [6, 6.07) is 0.